The van der Waals surface area contributed by atoms with Gasteiger partial charge in [-0.3, -0.25) is 14.6 Å². The predicted octanol–water partition coefficient (Wildman–Crippen LogP) is 3.45. The first-order valence-electron chi connectivity index (χ1n) is 11.4. The number of carbonyl (C=O) groups excluding carboxylic acids is 1. The molecule has 180 valence electrons. The molecule has 1 fully saturated rings. The normalized spacial score (nSPS) is 14.8. The molecule has 1 aromatic carbocycles. The molecule has 0 aliphatic carbocycles. The Labute approximate surface area is 198 Å². The van der Waals surface area contributed by atoms with E-state index in [9.17, 15) is 9.59 Å². The molecular weight excluding hydrogens is 434 g/mol. The van der Waals surface area contributed by atoms with E-state index in [2.05, 4.69) is 20.3 Å². The molecule has 0 radical (unpaired) electrons. The molecule has 3 heterocycles. The number of carbonyl (C=O) groups is 1. The quantitative estimate of drug-likeness (QED) is 0.594. The van der Waals surface area contributed by atoms with Gasteiger partial charge in [-0.15, -0.1) is 0 Å². The lowest BCUT2D eigenvalue weighted by atomic mass is 9.93. The van der Waals surface area contributed by atoms with E-state index in [1.165, 1.54) is 7.11 Å². The number of hydrogen-bond donors (Lipinski definition) is 2. The second kappa shape index (κ2) is 9.32. The van der Waals surface area contributed by atoms with Gasteiger partial charge in [-0.05, 0) is 25.0 Å². The van der Waals surface area contributed by atoms with Crippen molar-refractivity contribution in [3.8, 4) is 23.0 Å². The maximum atomic E-state index is 12.9. The van der Waals surface area contributed by atoms with Crippen LogP contribution in [-0.2, 0) is 4.79 Å². The zero-order valence-electron chi connectivity index (χ0n) is 20.3. The Morgan fingerprint density at radius 2 is 1.91 bits per heavy atom. The highest BCUT2D eigenvalue weighted by Gasteiger charge is 2.30. The zero-order chi connectivity index (χ0) is 24.5. The lowest BCUT2D eigenvalue weighted by Crippen LogP contribution is -2.46. The van der Waals surface area contributed by atoms with Gasteiger partial charge in [0, 0.05) is 42.9 Å². The van der Waals surface area contributed by atoms with Gasteiger partial charge in [0.25, 0.3) is 5.56 Å². The summed E-state index contributed by atoms with van der Waals surface area (Å²) in [6.07, 6.45) is 3.32. The van der Waals surface area contributed by atoms with E-state index in [-0.39, 0.29) is 22.9 Å². The van der Waals surface area contributed by atoms with Crippen molar-refractivity contribution in [3.63, 3.8) is 0 Å². The molecule has 4 rings (SSSR count). The molecular formula is C25H31N5O4. The summed E-state index contributed by atoms with van der Waals surface area (Å²) >= 11 is 0. The number of amides is 1. The molecule has 2 aromatic heterocycles. The summed E-state index contributed by atoms with van der Waals surface area (Å²) in [6, 6.07) is 7.30. The molecule has 3 aromatic rings. The molecule has 2 N–H and O–H groups in total. The van der Waals surface area contributed by atoms with Crippen LogP contribution in [0.1, 0.15) is 33.6 Å². The first-order chi connectivity index (χ1) is 16.2. The first-order valence-corrected chi connectivity index (χ1v) is 11.4. The van der Waals surface area contributed by atoms with Crippen molar-refractivity contribution >= 4 is 22.5 Å². The Bertz CT molecular complexity index is 1260. The highest BCUT2D eigenvalue weighted by molar-refractivity contribution is 5.87. The molecule has 0 atom stereocenters. The summed E-state index contributed by atoms with van der Waals surface area (Å²) in [5.74, 6) is 1.47. The van der Waals surface area contributed by atoms with Gasteiger partial charge in [0.2, 0.25) is 5.91 Å². The smallest absolute Gasteiger partial charge is 0.262 e. The van der Waals surface area contributed by atoms with Gasteiger partial charge in [-0.25, -0.2) is 4.98 Å². The fourth-order valence-electron chi connectivity index (χ4n) is 4.23. The maximum Gasteiger partial charge on any atom is 0.262 e. The van der Waals surface area contributed by atoms with Crippen LogP contribution in [-0.4, -0.2) is 59.1 Å². The minimum atomic E-state index is -0.379. The summed E-state index contributed by atoms with van der Waals surface area (Å²) < 4.78 is 10.7. The van der Waals surface area contributed by atoms with Crippen molar-refractivity contribution in [2.75, 3.05) is 32.6 Å². The zero-order valence-corrected chi connectivity index (χ0v) is 20.3. The van der Waals surface area contributed by atoms with E-state index in [0.29, 0.717) is 47.0 Å². The van der Waals surface area contributed by atoms with Gasteiger partial charge in [0.05, 0.1) is 25.4 Å². The van der Waals surface area contributed by atoms with Gasteiger partial charge in [0.15, 0.2) is 5.82 Å². The second-order valence-electron chi connectivity index (χ2n) is 9.50. The lowest BCUT2D eigenvalue weighted by molar-refractivity contribution is -0.140. The Morgan fingerprint density at radius 1 is 1.18 bits per heavy atom. The van der Waals surface area contributed by atoms with E-state index >= 15 is 0 Å². The molecule has 34 heavy (non-hydrogen) atoms. The third kappa shape index (κ3) is 4.69. The average Bonchev–Trinajstić information content (AvgIpc) is 2.82. The standard InChI is InChI=1S/C25H31N5O4/c1-25(2,3)24(32)30-11-8-15(9-12-30)27-17-7-6-10-26-21(17)22-28-18-13-16(33-4)14-19(34-5)20(18)23(31)29-22/h6-7,10,13-15,27H,8-9,11-12H2,1-5H3,(H,28,29,31). The number of hydrogen-bond acceptors (Lipinski definition) is 7. The molecule has 1 saturated heterocycles. The number of benzene rings is 1. The van der Waals surface area contributed by atoms with E-state index in [1.807, 2.05) is 37.8 Å². The minimum absolute atomic E-state index is 0.178. The van der Waals surface area contributed by atoms with Crippen molar-refractivity contribution in [1.29, 1.82) is 0 Å². The highest BCUT2D eigenvalue weighted by atomic mass is 16.5. The van der Waals surface area contributed by atoms with Crippen molar-refractivity contribution in [2.24, 2.45) is 5.41 Å². The Morgan fingerprint density at radius 3 is 2.56 bits per heavy atom. The van der Waals surface area contributed by atoms with Crippen molar-refractivity contribution in [2.45, 2.75) is 39.7 Å². The van der Waals surface area contributed by atoms with Gasteiger partial charge in [-0.1, -0.05) is 20.8 Å². The van der Waals surface area contributed by atoms with Crippen LogP contribution in [0.3, 0.4) is 0 Å². The predicted molar refractivity (Wildman–Crippen MR) is 131 cm³/mol. The van der Waals surface area contributed by atoms with Crippen molar-refractivity contribution in [3.05, 3.63) is 40.8 Å². The van der Waals surface area contributed by atoms with Crippen molar-refractivity contribution < 1.29 is 14.3 Å². The van der Waals surface area contributed by atoms with Crippen LogP contribution in [0.4, 0.5) is 5.69 Å². The number of likely N-dealkylation sites (tertiary alicyclic amines) is 1. The fourth-order valence-corrected chi connectivity index (χ4v) is 4.23. The minimum Gasteiger partial charge on any atom is -0.497 e. The number of ether oxygens (including phenoxy) is 2. The number of anilines is 1. The first kappa shape index (κ1) is 23.5. The highest BCUT2D eigenvalue weighted by Crippen LogP contribution is 2.30. The Hall–Kier alpha value is -3.62. The Balaban J connectivity index is 1.61. The van der Waals surface area contributed by atoms with Crippen LogP contribution in [0, 0.1) is 5.41 Å². The Kier molecular flexibility index (Phi) is 6.45. The summed E-state index contributed by atoms with van der Waals surface area (Å²) in [6.45, 7) is 7.25. The number of nitrogens with zero attached hydrogens (tertiary/aromatic N) is 3. The molecule has 0 bridgehead atoms. The number of aromatic nitrogens is 3. The van der Waals surface area contributed by atoms with Crippen LogP contribution >= 0.6 is 0 Å². The summed E-state index contributed by atoms with van der Waals surface area (Å²) in [7, 11) is 3.05. The van der Waals surface area contributed by atoms with E-state index in [0.717, 1.165) is 18.5 Å². The van der Waals surface area contributed by atoms with Crippen molar-refractivity contribution in [1.82, 2.24) is 19.9 Å². The van der Waals surface area contributed by atoms with Gasteiger partial charge < -0.3 is 24.7 Å². The molecule has 0 saturated carbocycles. The monoisotopic (exact) mass is 465 g/mol. The molecule has 0 spiro atoms. The lowest BCUT2D eigenvalue weighted by Gasteiger charge is -2.36. The van der Waals surface area contributed by atoms with Crippen LogP contribution in [0.15, 0.2) is 35.3 Å². The number of piperidine rings is 1. The van der Waals surface area contributed by atoms with Crippen LogP contribution in [0.25, 0.3) is 22.4 Å². The molecule has 1 aliphatic rings. The fraction of sp³-hybridized carbons (Fsp3) is 0.440. The summed E-state index contributed by atoms with van der Waals surface area (Å²) in [5, 5.41) is 3.90. The second-order valence-corrected chi connectivity index (χ2v) is 9.50. The van der Waals surface area contributed by atoms with Gasteiger partial charge in [0.1, 0.15) is 22.6 Å². The van der Waals surface area contributed by atoms with Crippen LogP contribution < -0.4 is 20.3 Å². The van der Waals surface area contributed by atoms with Crippen LogP contribution in [0.2, 0.25) is 0 Å². The topological polar surface area (TPSA) is 109 Å². The largest absolute Gasteiger partial charge is 0.497 e. The number of methoxy groups -OCH3 is 2. The molecule has 1 amide bonds. The van der Waals surface area contributed by atoms with Gasteiger partial charge in [-0.2, -0.15) is 0 Å². The molecule has 0 unspecified atom stereocenters. The van der Waals surface area contributed by atoms with Crippen LogP contribution in [0.5, 0.6) is 11.5 Å². The van der Waals surface area contributed by atoms with E-state index in [1.54, 1.807) is 25.4 Å². The third-order valence-electron chi connectivity index (χ3n) is 6.02. The number of H-pyrrole nitrogens is 1. The number of pyridine rings is 1. The third-order valence-corrected chi connectivity index (χ3v) is 6.02. The SMILES string of the molecule is COc1cc(OC)c2c(=O)[nH]c(-c3ncccc3NC3CCN(C(=O)C(C)(C)C)CC3)nc2c1. The maximum absolute atomic E-state index is 12.9. The number of nitrogens with one attached hydrogen (secondary N) is 2. The number of aromatic amines is 1. The molecule has 9 nitrogen and oxygen atoms in total. The number of rotatable bonds is 5. The number of fused-ring (bicyclic) bond motifs is 1. The van der Waals surface area contributed by atoms with E-state index < -0.39 is 0 Å². The summed E-state index contributed by atoms with van der Waals surface area (Å²) in [5.41, 5.74) is 1.10. The average molecular weight is 466 g/mol. The molecule has 1 aliphatic heterocycles. The summed E-state index contributed by atoms with van der Waals surface area (Å²) in [4.78, 5) is 39.5. The molecule has 9 heteroatoms. The van der Waals surface area contributed by atoms with E-state index in [4.69, 9.17) is 9.47 Å². The van der Waals surface area contributed by atoms with Gasteiger partial charge >= 0.3 is 0 Å².